The number of amides is 1. The lowest BCUT2D eigenvalue weighted by atomic mass is 9.45. The van der Waals surface area contributed by atoms with Crippen molar-refractivity contribution in [1.82, 2.24) is 5.32 Å². The lowest BCUT2D eigenvalue weighted by Gasteiger charge is -2.61. The van der Waals surface area contributed by atoms with Crippen LogP contribution in [0.5, 0.6) is 0 Å². The Kier molecular flexibility index (Phi) is 6.00. The minimum Gasteiger partial charge on any atom is -0.462 e. The maximum Gasteiger partial charge on any atom is 0.302 e. The fourth-order valence-electron chi connectivity index (χ4n) is 8.07. The predicted molar refractivity (Wildman–Crippen MR) is 118 cm³/mol. The quantitative estimate of drug-likeness (QED) is 0.586. The van der Waals surface area contributed by atoms with Gasteiger partial charge in [0.05, 0.1) is 0 Å². The normalized spacial score (nSPS) is 46.2. The third-order valence-corrected chi connectivity index (χ3v) is 10.2. The number of hydrogen-bond acceptors (Lipinski definition) is 4. The van der Waals surface area contributed by atoms with Gasteiger partial charge in [-0.3, -0.25) is 9.59 Å². The Morgan fingerprint density at radius 1 is 1.00 bits per heavy atom. The van der Waals surface area contributed by atoms with Crippen molar-refractivity contribution in [3.8, 4) is 0 Å². The number of esters is 1. The maximum atomic E-state index is 12.1. The Labute approximate surface area is 180 Å². The molecule has 4 aliphatic rings. The summed E-state index contributed by atoms with van der Waals surface area (Å²) in [6, 6.07) is 0.366. The molecule has 1 amide bonds. The summed E-state index contributed by atoms with van der Waals surface area (Å²) in [5.74, 6) is 3.77. The van der Waals surface area contributed by atoms with E-state index in [2.05, 4.69) is 19.2 Å². The van der Waals surface area contributed by atoms with Crippen molar-refractivity contribution in [3.63, 3.8) is 0 Å². The molecule has 8 atom stereocenters. The van der Waals surface area contributed by atoms with Crippen LogP contribution in [-0.4, -0.2) is 29.1 Å². The molecule has 1 N–H and O–H groups in total. The SMILES string of the molecule is CCSC(=O)NC1CCC2(C)C(CCC3C2CCC2(C)C(OC(C)=O)CCC32)C1. The van der Waals surface area contributed by atoms with Gasteiger partial charge in [-0.2, -0.15) is 0 Å². The molecule has 4 nitrogen and oxygen atoms in total. The van der Waals surface area contributed by atoms with E-state index in [9.17, 15) is 9.59 Å². The number of hydrogen-bond donors (Lipinski definition) is 1. The highest BCUT2D eigenvalue weighted by Crippen LogP contribution is 2.66. The summed E-state index contributed by atoms with van der Waals surface area (Å²) >= 11 is 1.40. The van der Waals surface area contributed by atoms with Gasteiger partial charge in [0, 0.05) is 18.4 Å². The zero-order valence-corrected chi connectivity index (χ0v) is 19.5. The van der Waals surface area contributed by atoms with E-state index in [1.54, 1.807) is 6.92 Å². The highest BCUT2D eigenvalue weighted by molar-refractivity contribution is 8.13. The van der Waals surface area contributed by atoms with Crippen LogP contribution in [0.4, 0.5) is 4.79 Å². The van der Waals surface area contributed by atoms with Crippen molar-refractivity contribution in [2.45, 2.75) is 97.6 Å². The molecule has 0 aromatic carbocycles. The Balaban J connectivity index is 1.45. The molecule has 5 heteroatoms. The van der Waals surface area contributed by atoms with E-state index in [-0.39, 0.29) is 22.7 Å². The fraction of sp³-hybridized carbons (Fsp3) is 0.917. The van der Waals surface area contributed by atoms with Crippen LogP contribution in [0.25, 0.3) is 0 Å². The minimum atomic E-state index is -0.115. The van der Waals surface area contributed by atoms with Gasteiger partial charge >= 0.3 is 5.97 Å². The van der Waals surface area contributed by atoms with Gasteiger partial charge in [0.25, 0.3) is 5.24 Å². The number of thioether (sulfide) groups is 1. The zero-order valence-electron chi connectivity index (χ0n) is 18.7. The molecule has 0 aromatic heterocycles. The van der Waals surface area contributed by atoms with Crippen molar-refractivity contribution >= 4 is 23.0 Å². The molecule has 0 heterocycles. The first-order chi connectivity index (χ1) is 13.8. The van der Waals surface area contributed by atoms with Crippen LogP contribution in [0, 0.1) is 34.5 Å². The third-order valence-electron chi connectivity index (χ3n) is 9.48. The van der Waals surface area contributed by atoms with Gasteiger partial charge in [0.2, 0.25) is 0 Å². The molecular weight excluding hydrogens is 382 g/mol. The van der Waals surface area contributed by atoms with Gasteiger partial charge in [-0.05, 0) is 92.6 Å². The number of carbonyl (C=O) groups is 2. The van der Waals surface area contributed by atoms with E-state index in [0.29, 0.717) is 17.4 Å². The van der Waals surface area contributed by atoms with Crippen LogP contribution in [0.1, 0.15) is 85.5 Å². The average molecular weight is 422 g/mol. The topological polar surface area (TPSA) is 55.4 Å². The van der Waals surface area contributed by atoms with Crippen molar-refractivity contribution < 1.29 is 14.3 Å². The van der Waals surface area contributed by atoms with Crippen molar-refractivity contribution in [3.05, 3.63) is 0 Å². The average Bonchev–Trinajstić information content (AvgIpc) is 2.98. The van der Waals surface area contributed by atoms with Crippen LogP contribution in [-0.2, 0) is 9.53 Å². The van der Waals surface area contributed by atoms with Gasteiger partial charge in [0.1, 0.15) is 6.10 Å². The summed E-state index contributed by atoms with van der Waals surface area (Å²) in [5, 5.41) is 3.44. The van der Waals surface area contributed by atoms with Gasteiger partial charge in [-0.15, -0.1) is 0 Å². The smallest absolute Gasteiger partial charge is 0.302 e. The van der Waals surface area contributed by atoms with E-state index in [4.69, 9.17) is 4.74 Å². The van der Waals surface area contributed by atoms with Crippen LogP contribution in [0.15, 0.2) is 0 Å². The lowest BCUT2D eigenvalue weighted by molar-refractivity contribution is -0.161. The van der Waals surface area contributed by atoms with E-state index in [0.717, 1.165) is 42.8 Å². The van der Waals surface area contributed by atoms with Crippen LogP contribution in [0.3, 0.4) is 0 Å². The lowest BCUT2D eigenvalue weighted by Crippen LogP contribution is -2.55. The second kappa shape index (κ2) is 8.09. The fourth-order valence-corrected chi connectivity index (χ4v) is 8.59. The molecule has 0 saturated heterocycles. The summed E-state index contributed by atoms with van der Waals surface area (Å²) in [6.45, 7) is 8.56. The number of ether oxygens (including phenoxy) is 1. The second-order valence-electron chi connectivity index (χ2n) is 10.7. The van der Waals surface area contributed by atoms with Crippen LogP contribution < -0.4 is 5.32 Å². The zero-order chi connectivity index (χ0) is 20.8. The van der Waals surface area contributed by atoms with E-state index in [1.165, 1.54) is 50.3 Å². The molecule has 164 valence electrons. The number of nitrogens with one attached hydrogen (secondary N) is 1. The highest BCUT2D eigenvalue weighted by atomic mass is 32.2. The molecule has 4 saturated carbocycles. The molecule has 4 aliphatic carbocycles. The Morgan fingerprint density at radius 2 is 1.72 bits per heavy atom. The summed E-state index contributed by atoms with van der Waals surface area (Å²) in [7, 11) is 0. The van der Waals surface area contributed by atoms with Gasteiger partial charge in [-0.1, -0.05) is 32.5 Å². The molecule has 0 bridgehead atoms. The first kappa shape index (κ1) is 21.5. The first-order valence-electron chi connectivity index (χ1n) is 11.9. The Bertz CT molecular complexity index is 654. The number of rotatable bonds is 3. The molecule has 29 heavy (non-hydrogen) atoms. The predicted octanol–water partition coefficient (Wildman–Crippen LogP) is 5.79. The highest BCUT2D eigenvalue weighted by Gasteiger charge is 2.61. The summed E-state index contributed by atoms with van der Waals surface area (Å²) in [5.41, 5.74) is 0.599. The maximum absolute atomic E-state index is 12.1. The van der Waals surface area contributed by atoms with Gasteiger partial charge < -0.3 is 10.1 Å². The van der Waals surface area contributed by atoms with Crippen molar-refractivity contribution in [2.24, 2.45) is 34.5 Å². The van der Waals surface area contributed by atoms with E-state index >= 15 is 0 Å². The summed E-state index contributed by atoms with van der Waals surface area (Å²) < 4.78 is 5.78. The van der Waals surface area contributed by atoms with E-state index < -0.39 is 0 Å². The second-order valence-corrected chi connectivity index (χ2v) is 11.9. The molecular formula is C24H39NO3S. The molecule has 4 fully saturated rings. The summed E-state index contributed by atoms with van der Waals surface area (Å²) in [4.78, 5) is 23.7. The Hall–Kier alpha value is -0.710. The first-order valence-corrected chi connectivity index (χ1v) is 12.9. The number of fused-ring (bicyclic) bond motifs is 5. The molecule has 8 unspecified atom stereocenters. The van der Waals surface area contributed by atoms with Crippen LogP contribution >= 0.6 is 11.8 Å². The summed E-state index contributed by atoms with van der Waals surface area (Å²) in [6.07, 6.45) is 11.0. The molecule has 0 spiro atoms. The monoisotopic (exact) mass is 421 g/mol. The Morgan fingerprint density at radius 3 is 2.45 bits per heavy atom. The van der Waals surface area contributed by atoms with E-state index in [1.807, 2.05) is 6.92 Å². The van der Waals surface area contributed by atoms with Gasteiger partial charge in [-0.25, -0.2) is 0 Å². The van der Waals surface area contributed by atoms with Crippen molar-refractivity contribution in [1.29, 1.82) is 0 Å². The number of carbonyl (C=O) groups excluding carboxylic acids is 2. The van der Waals surface area contributed by atoms with Crippen LogP contribution in [0.2, 0.25) is 0 Å². The van der Waals surface area contributed by atoms with Gasteiger partial charge in [0.15, 0.2) is 0 Å². The minimum absolute atomic E-state index is 0.115. The van der Waals surface area contributed by atoms with Crippen molar-refractivity contribution in [2.75, 3.05) is 5.75 Å². The molecule has 0 radical (unpaired) electrons. The third kappa shape index (κ3) is 3.74. The standard InChI is InChI=1S/C24H39NO3S/c1-5-29-22(27)25-17-10-12-23(3)16(14-17)6-7-18-19-8-9-21(28-15(2)26)24(19,4)13-11-20(18)23/h16-21H,5-14H2,1-4H3,(H,25,27). The molecule has 0 aliphatic heterocycles. The molecule has 4 rings (SSSR count). The largest absolute Gasteiger partial charge is 0.462 e. The molecule has 0 aromatic rings.